The summed E-state index contributed by atoms with van der Waals surface area (Å²) in [6.45, 7) is 0.523. The third-order valence-corrected chi connectivity index (χ3v) is 6.05. The third-order valence-electron chi connectivity index (χ3n) is 4.65. The molecule has 3 nitrogen and oxygen atoms in total. The Balaban J connectivity index is 1.61. The first-order valence-corrected chi connectivity index (χ1v) is 10.2. The highest BCUT2D eigenvalue weighted by atomic mass is 35.5. The maximum Gasteiger partial charge on any atom is 0.238 e. The Kier molecular flexibility index (Phi) is 5.46. The van der Waals surface area contributed by atoms with E-state index < -0.39 is 0 Å². The van der Waals surface area contributed by atoms with Crippen LogP contribution in [-0.2, 0) is 17.1 Å². The molecule has 2 aliphatic rings. The SMILES string of the molecule is O=C1C2C=CC=CC2N=C(SCc2ccccc2Cl)N1Cc1ccccc1. The minimum Gasteiger partial charge on any atom is -0.286 e. The van der Waals surface area contributed by atoms with E-state index in [1.165, 1.54) is 0 Å². The van der Waals surface area contributed by atoms with Gasteiger partial charge in [0.05, 0.1) is 18.5 Å². The van der Waals surface area contributed by atoms with Crippen molar-refractivity contribution in [1.82, 2.24) is 4.90 Å². The van der Waals surface area contributed by atoms with Gasteiger partial charge >= 0.3 is 0 Å². The van der Waals surface area contributed by atoms with Gasteiger partial charge in [-0.25, -0.2) is 0 Å². The number of aliphatic imine (C=N–C) groups is 1. The molecule has 0 bridgehead atoms. The molecule has 2 unspecified atom stereocenters. The topological polar surface area (TPSA) is 32.7 Å². The minimum atomic E-state index is -0.219. The Morgan fingerprint density at radius 3 is 2.56 bits per heavy atom. The van der Waals surface area contributed by atoms with E-state index in [1.54, 1.807) is 11.8 Å². The second kappa shape index (κ2) is 8.15. The van der Waals surface area contributed by atoms with Crippen molar-refractivity contribution < 1.29 is 4.79 Å². The summed E-state index contributed by atoms with van der Waals surface area (Å²) in [5.74, 6) is 0.554. The molecule has 2 aromatic carbocycles. The Bertz CT molecular complexity index is 923. The second-order valence-corrected chi connectivity index (χ2v) is 7.84. The molecule has 1 amide bonds. The molecule has 1 aliphatic heterocycles. The zero-order valence-corrected chi connectivity index (χ0v) is 16.2. The van der Waals surface area contributed by atoms with Crippen LogP contribution >= 0.6 is 23.4 Å². The Morgan fingerprint density at radius 2 is 1.74 bits per heavy atom. The molecule has 0 fully saturated rings. The Morgan fingerprint density at radius 1 is 1.00 bits per heavy atom. The first-order valence-electron chi connectivity index (χ1n) is 8.86. The summed E-state index contributed by atoms with van der Waals surface area (Å²) in [6.07, 6.45) is 7.83. The molecule has 0 aromatic heterocycles. The van der Waals surface area contributed by atoms with Gasteiger partial charge in [0, 0.05) is 10.8 Å². The van der Waals surface area contributed by atoms with Crippen LogP contribution in [0.15, 0.2) is 83.9 Å². The molecule has 1 heterocycles. The van der Waals surface area contributed by atoms with Gasteiger partial charge in [0.15, 0.2) is 5.17 Å². The highest BCUT2D eigenvalue weighted by Gasteiger charge is 2.36. The fourth-order valence-electron chi connectivity index (χ4n) is 3.20. The lowest BCUT2D eigenvalue weighted by molar-refractivity contribution is -0.131. The Hall–Kier alpha value is -2.30. The summed E-state index contributed by atoms with van der Waals surface area (Å²) >= 11 is 7.86. The van der Waals surface area contributed by atoms with E-state index in [2.05, 4.69) is 0 Å². The number of hydrogen-bond donors (Lipinski definition) is 0. The van der Waals surface area contributed by atoms with Crippen LogP contribution in [-0.4, -0.2) is 22.0 Å². The first-order chi connectivity index (χ1) is 13.2. The van der Waals surface area contributed by atoms with Gasteiger partial charge in [-0.15, -0.1) is 0 Å². The van der Waals surface area contributed by atoms with E-state index in [9.17, 15) is 4.79 Å². The summed E-state index contributed by atoms with van der Waals surface area (Å²) in [7, 11) is 0. The number of nitrogens with zero attached hydrogens (tertiary/aromatic N) is 2. The van der Waals surface area contributed by atoms with Crippen molar-refractivity contribution >= 4 is 34.4 Å². The average Bonchev–Trinajstić information content (AvgIpc) is 2.71. The number of carbonyl (C=O) groups is 1. The van der Waals surface area contributed by atoms with Gasteiger partial charge < -0.3 is 0 Å². The number of carbonyl (C=O) groups excluding carboxylic acids is 1. The van der Waals surface area contributed by atoms with Gasteiger partial charge in [-0.3, -0.25) is 14.7 Å². The quantitative estimate of drug-likeness (QED) is 0.724. The van der Waals surface area contributed by atoms with Gasteiger partial charge in [0.2, 0.25) is 5.91 Å². The number of allylic oxidation sites excluding steroid dienone is 2. The largest absolute Gasteiger partial charge is 0.286 e. The third kappa shape index (κ3) is 4.02. The molecule has 5 heteroatoms. The van der Waals surface area contributed by atoms with Crippen molar-refractivity contribution in [2.24, 2.45) is 10.9 Å². The molecule has 4 rings (SSSR count). The number of fused-ring (bicyclic) bond motifs is 1. The van der Waals surface area contributed by atoms with Crippen molar-refractivity contribution in [3.63, 3.8) is 0 Å². The standard InChI is InChI=1S/C22H19ClN2OS/c23-19-12-6-4-10-17(19)15-27-22-24-20-13-7-5-11-18(20)21(26)25(22)14-16-8-2-1-3-9-16/h1-13,18,20H,14-15H2. The van der Waals surface area contributed by atoms with Gasteiger partial charge in [-0.2, -0.15) is 0 Å². The van der Waals surface area contributed by atoms with Crippen LogP contribution in [0.4, 0.5) is 0 Å². The van der Waals surface area contributed by atoms with Crippen molar-refractivity contribution in [2.75, 3.05) is 0 Å². The highest BCUT2D eigenvalue weighted by Crippen LogP contribution is 2.31. The lowest BCUT2D eigenvalue weighted by atomic mass is 9.93. The molecule has 27 heavy (non-hydrogen) atoms. The average molecular weight is 395 g/mol. The van der Waals surface area contributed by atoms with E-state index in [0.29, 0.717) is 12.3 Å². The molecule has 1 aliphatic carbocycles. The zero-order chi connectivity index (χ0) is 18.6. The fourth-order valence-corrected chi connectivity index (χ4v) is 4.53. The molecule has 0 radical (unpaired) electrons. The van der Waals surface area contributed by atoms with Crippen molar-refractivity contribution in [1.29, 1.82) is 0 Å². The van der Waals surface area contributed by atoms with Crippen LogP contribution < -0.4 is 0 Å². The van der Waals surface area contributed by atoms with Crippen LogP contribution in [0.3, 0.4) is 0 Å². The van der Waals surface area contributed by atoms with Crippen LogP contribution in [0.1, 0.15) is 11.1 Å². The van der Waals surface area contributed by atoms with Crippen molar-refractivity contribution in [2.45, 2.75) is 18.3 Å². The molecular formula is C22H19ClN2OS. The van der Waals surface area contributed by atoms with E-state index in [1.807, 2.05) is 83.8 Å². The summed E-state index contributed by atoms with van der Waals surface area (Å²) < 4.78 is 0. The summed E-state index contributed by atoms with van der Waals surface area (Å²) in [5, 5.41) is 1.49. The van der Waals surface area contributed by atoms with Crippen molar-refractivity contribution in [3.05, 3.63) is 95.1 Å². The van der Waals surface area contributed by atoms with Crippen molar-refractivity contribution in [3.8, 4) is 0 Å². The molecule has 0 saturated carbocycles. The van der Waals surface area contributed by atoms with Crippen LogP contribution in [0.2, 0.25) is 5.02 Å². The van der Waals surface area contributed by atoms with Gasteiger partial charge in [0.1, 0.15) is 0 Å². The number of benzene rings is 2. The zero-order valence-electron chi connectivity index (χ0n) is 14.7. The number of rotatable bonds is 4. The van der Waals surface area contributed by atoms with E-state index in [0.717, 1.165) is 21.3 Å². The summed E-state index contributed by atoms with van der Waals surface area (Å²) in [4.78, 5) is 19.9. The minimum absolute atomic E-state index is 0.0983. The predicted molar refractivity (Wildman–Crippen MR) is 113 cm³/mol. The molecular weight excluding hydrogens is 376 g/mol. The predicted octanol–water partition coefficient (Wildman–Crippen LogP) is 5.08. The monoisotopic (exact) mass is 394 g/mol. The highest BCUT2D eigenvalue weighted by molar-refractivity contribution is 8.13. The molecule has 0 spiro atoms. The lowest BCUT2D eigenvalue weighted by Crippen LogP contribution is -2.46. The maximum atomic E-state index is 13.2. The smallest absolute Gasteiger partial charge is 0.238 e. The molecule has 2 atom stereocenters. The Labute approximate surface area is 168 Å². The molecule has 136 valence electrons. The number of amidine groups is 1. The van der Waals surface area contributed by atoms with Crippen LogP contribution in [0.5, 0.6) is 0 Å². The molecule has 0 saturated heterocycles. The maximum absolute atomic E-state index is 13.2. The first kappa shape index (κ1) is 18.1. The number of thioether (sulfide) groups is 1. The summed E-state index contributed by atoms with van der Waals surface area (Å²) in [5.41, 5.74) is 2.13. The second-order valence-electron chi connectivity index (χ2n) is 6.49. The van der Waals surface area contributed by atoms with Gasteiger partial charge in [-0.05, 0) is 17.2 Å². The van der Waals surface area contributed by atoms with Gasteiger partial charge in [0.25, 0.3) is 0 Å². The van der Waals surface area contributed by atoms with E-state index >= 15 is 0 Å². The van der Waals surface area contributed by atoms with E-state index in [4.69, 9.17) is 16.6 Å². The van der Waals surface area contributed by atoms with Gasteiger partial charge in [-0.1, -0.05) is 96.2 Å². The number of hydrogen-bond acceptors (Lipinski definition) is 3. The lowest BCUT2D eigenvalue weighted by Gasteiger charge is -2.35. The van der Waals surface area contributed by atoms with Crippen LogP contribution in [0.25, 0.3) is 0 Å². The van der Waals surface area contributed by atoms with Crippen LogP contribution in [0, 0.1) is 5.92 Å². The van der Waals surface area contributed by atoms with E-state index in [-0.39, 0.29) is 17.9 Å². The number of amides is 1. The number of halogens is 1. The summed E-state index contributed by atoms with van der Waals surface area (Å²) in [6, 6.07) is 17.7. The fraction of sp³-hybridized carbons (Fsp3) is 0.182. The molecule has 2 aromatic rings. The molecule has 0 N–H and O–H groups in total. The normalized spacial score (nSPS) is 21.1.